The first kappa shape index (κ1) is 18.3. The van der Waals surface area contributed by atoms with Crippen molar-refractivity contribution < 1.29 is 17.9 Å². The van der Waals surface area contributed by atoms with Crippen LogP contribution in [-0.2, 0) is 6.18 Å². The van der Waals surface area contributed by atoms with E-state index in [1.165, 1.54) is 12.4 Å². The molecule has 2 rings (SSSR count). The van der Waals surface area contributed by atoms with Gasteiger partial charge in [-0.1, -0.05) is 0 Å². The van der Waals surface area contributed by atoms with Crippen LogP contribution in [0.2, 0.25) is 0 Å². The zero-order valence-electron chi connectivity index (χ0n) is 13.1. The van der Waals surface area contributed by atoms with Crippen LogP contribution in [0.5, 0.6) is 5.75 Å². The van der Waals surface area contributed by atoms with Gasteiger partial charge in [-0.15, -0.1) is 10.2 Å². The van der Waals surface area contributed by atoms with Crippen molar-refractivity contribution in [3.8, 4) is 11.8 Å². The number of ether oxygens (including phenoxy) is 1. The van der Waals surface area contributed by atoms with Gasteiger partial charge in [-0.2, -0.15) is 18.4 Å². The fraction of sp³-hybridized carbons (Fsp3) is 0.357. The molecular weight excluding hydrogens is 339 g/mol. The molecule has 0 aliphatic carbocycles. The van der Waals surface area contributed by atoms with Gasteiger partial charge in [0.05, 0.1) is 19.0 Å². The van der Waals surface area contributed by atoms with Crippen LogP contribution in [0.4, 0.5) is 24.8 Å². The Morgan fingerprint density at radius 1 is 1.20 bits per heavy atom. The van der Waals surface area contributed by atoms with Crippen molar-refractivity contribution in [2.24, 2.45) is 0 Å². The summed E-state index contributed by atoms with van der Waals surface area (Å²) in [6.07, 6.45) is -1.68. The number of alkyl halides is 3. The normalized spacial score (nSPS) is 11.0. The number of rotatable bonds is 7. The van der Waals surface area contributed by atoms with Gasteiger partial charge in [0.25, 0.3) is 0 Å². The van der Waals surface area contributed by atoms with Gasteiger partial charge < -0.3 is 15.4 Å². The first-order valence-corrected chi connectivity index (χ1v) is 7.15. The average Bonchev–Trinajstić information content (AvgIpc) is 2.58. The third-order valence-corrected chi connectivity index (χ3v) is 2.88. The summed E-state index contributed by atoms with van der Waals surface area (Å²) in [5.74, 6) is -0.215. The van der Waals surface area contributed by atoms with E-state index in [1.807, 2.05) is 0 Å². The van der Waals surface area contributed by atoms with Crippen molar-refractivity contribution in [3.63, 3.8) is 0 Å². The summed E-state index contributed by atoms with van der Waals surface area (Å²) in [7, 11) is 1.73. The minimum atomic E-state index is -4.68. The molecule has 2 aromatic rings. The van der Waals surface area contributed by atoms with Crippen LogP contribution in [-0.4, -0.2) is 40.4 Å². The summed E-state index contributed by atoms with van der Waals surface area (Å²) in [4.78, 5) is 7.69. The summed E-state index contributed by atoms with van der Waals surface area (Å²) in [5, 5.41) is 20.9. The maximum atomic E-state index is 13.0. The number of nitrogens with zero attached hydrogens (tertiary/aromatic N) is 5. The molecule has 2 aromatic heterocycles. The van der Waals surface area contributed by atoms with E-state index in [0.29, 0.717) is 13.0 Å². The molecule has 0 atom stereocenters. The van der Waals surface area contributed by atoms with E-state index in [-0.39, 0.29) is 23.9 Å². The van der Waals surface area contributed by atoms with Crippen LogP contribution in [0.25, 0.3) is 0 Å². The molecule has 0 aliphatic heterocycles. The molecular formula is C14H14F3N7O. The summed E-state index contributed by atoms with van der Waals surface area (Å²) in [5.41, 5.74) is -1.09. The van der Waals surface area contributed by atoms with Crippen LogP contribution >= 0.6 is 0 Å². The Morgan fingerprint density at radius 3 is 2.60 bits per heavy atom. The molecule has 0 saturated carbocycles. The monoisotopic (exact) mass is 353 g/mol. The maximum Gasteiger partial charge on any atom is 0.438 e. The molecule has 0 bridgehead atoms. The Morgan fingerprint density at radius 2 is 2.00 bits per heavy atom. The zero-order chi connectivity index (χ0) is 18.3. The fourth-order valence-electron chi connectivity index (χ4n) is 1.75. The first-order chi connectivity index (χ1) is 11.9. The fourth-order valence-corrected chi connectivity index (χ4v) is 1.75. The van der Waals surface area contributed by atoms with Crippen molar-refractivity contribution in [1.82, 2.24) is 25.5 Å². The topological polar surface area (TPSA) is 109 Å². The molecule has 0 amide bonds. The second-order valence-electron chi connectivity index (χ2n) is 4.77. The number of hydrogen-bond donors (Lipinski definition) is 2. The lowest BCUT2D eigenvalue weighted by atomic mass is 10.3. The molecule has 2 N–H and O–H groups in total. The number of aromatic nitrogens is 4. The van der Waals surface area contributed by atoms with Crippen LogP contribution in [0, 0.1) is 11.3 Å². The van der Waals surface area contributed by atoms with E-state index in [4.69, 9.17) is 10.00 Å². The lowest BCUT2D eigenvalue weighted by Crippen LogP contribution is -2.16. The number of anilines is 2. The Kier molecular flexibility index (Phi) is 6.02. The van der Waals surface area contributed by atoms with Crippen molar-refractivity contribution >= 4 is 11.6 Å². The van der Waals surface area contributed by atoms with E-state index >= 15 is 0 Å². The van der Waals surface area contributed by atoms with Crippen molar-refractivity contribution in [2.45, 2.75) is 12.6 Å². The molecule has 0 aromatic carbocycles. The minimum Gasteiger partial charge on any atom is -0.491 e. The van der Waals surface area contributed by atoms with Crippen LogP contribution in [0.3, 0.4) is 0 Å². The van der Waals surface area contributed by atoms with Crippen LogP contribution in [0.15, 0.2) is 18.5 Å². The largest absolute Gasteiger partial charge is 0.491 e. The lowest BCUT2D eigenvalue weighted by Gasteiger charge is -2.13. The first-order valence-electron chi connectivity index (χ1n) is 7.15. The van der Waals surface area contributed by atoms with E-state index < -0.39 is 17.6 Å². The van der Waals surface area contributed by atoms with E-state index in [9.17, 15) is 13.2 Å². The summed E-state index contributed by atoms with van der Waals surface area (Å²) < 4.78 is 44.2. The Labute approximate surface area is 141 Å². The second kappa shape index (κ2) is 8.20. The maximum absolute atomic E-state index is 13.0. The van der Waals surface area contributed by atoms with Gasteiger partial charge in [-0.05, 0) is 20.0 Å². The predicted octanol–water partition coefficient (Wildman–Crippen LogP) is 1.89. The average molecular weight is 353 g/mol. The van der Waals surface area contributed by atoms with Crippen molar-refractivity contribution in [1.29, 1.82) is 5.26 Å². The molecule has 2 heterocycles. The highest BCUT2D eigenvalue weighted by Gasteiger charge is 2.37. The highest BCUT2D eigenvalue weighted by Crippen LogP contribution is 2.35. The van der Waals surface area contributed by atoms with Gasteiger partial charge in [0.2, 0.25) is 5.69 Å². The molecule has 11 heteroatoms. The third kappa shape index (κ3) is 5.25. The highest BCUT2D eigenvalue weighted by atomic mass is 19.4. The minimum absolute atomic E-state index is 0.00984. The molecule has 8 nitrogen and oxygen atoms in total. The molecule has 132 valence electrons. The van der Waals surface area contributed by atoms with E-state index in [2.05, 4.69) is 30.8 Å². The SMILES string of the molecule is CNCCCOc1cc(Nc2cnc(C#N)cn2)nnc1C(F)(F)F. The molecule has 0 saturated heterocycles. The Bertz CT molecular complexity index is 744. The molecule has 0 unspecified atom stereocenters. The smallest absolute Gasteiger partial charge is 0.438 e. The van der Waals surface area contributed by atoms with Gasteiger partial charge >= 0.3 is 6.18 Å². The van der Waals surface area contributed by atoms with Gasteiger partial charge in [-0.3, -0.25) is 0 Å². The number of hydrogen-bond acceptors (Lipinski definition) is 8. The van der Waals surface area contributed by atoms with Gasteiger partial charge in [-0.25, -0.2) is 9.97 Å². The van der Waals surface area contributed by atoms with Crippen molar-refractivity contribution in [3.05, 3.63) is 29.8 Å². The number of nitrogens with one attached hydrogen (secondary N) is 2. The number of nitriles is 1. The third-order valence-electron chi connectivity index (χ3n) is 2.88. The standard InChI is InChI=1S/C14H14F3N7O/c1-19-3-2-4-25-10-5-11(23-24-13(10)14(15,16)17)22-12-8-20-9(6-18)7-21-12/h5,7-8,19H,2-4H2,1H3,(H,21,22,23). The second-order valence-corrected chi connectivity index (χ2v) is 4.77. The molecule has 0 spiro atoms. The number of halogens is 3. The summed E-state index contributed by atoms with van der Waals surface area (Å²) in [6.45, 7) is 0.692. The zero-order valence-corrected chi connectivity index (χ0v) is 13.1. The van der Waals surface area contributed by atoms with E-state index in [1.54, 1.807) is 13.1 Å². The van der Waals surface area contributed by atoms with Gasteiger partial charge in [0.1, 0.15) is 11.9 Å². The van der Waals surface area contributed by atoms with Crippen molar-refractivity contribution in [2.75, 3.05) is 25.5 Å². The molecule has 0 fully saturated rings. The molecule has 25 heavy (non-hydrogen) atoms. The van der Waals surface area contributed by atoms with Crippen LogP contribution in [0.1, 0.15) is 17.8 Å². The highest BCUT2D eigenvalue weighted by molar-refractivity contribution is 5.53. The Balaban J connectivity index is 2.19. The summed E-state index contributed by atoms with van der Waals surface area (Å²) in [6, 6.07) is 2.90. The molecule has 0 aliphatic rings. The van der Waals surface area contributed by atoms with Crippen LogP contribution < -0.4 is 15.4 Å². The molecule has 0 radical (unpaired) electrons. The van der Waals surface area contributed by atoms with Gasteiger partial charge in [0.15, 0.2) is 17.3 Å². The van der Waals surface area contributed by atoms with E-state index in [0.717, 1.165) is 6.07 Å². The Hall–Kier alpha value is -3.00. The quantitative estimate of drug-likeness (QED) is 0.727. The lowest BCUT2D eigenvalue weighted by molar-refractivity contribution is -0.143. The predicted molar refractivity (Wildman–Crippen MR) is 81.1 cm³/mol. The van der Waals surface area contributed by atoms with Gasteiger partial charge in [0, 0.05) is 6.07 Å². The summed E-state index contributed by atoms with van der Waals surface area (Å²) >= 11 is 0.